The molecule has 4 aliphatic rings. The van der Waals surface area contributed by atoms with Gasteiger partial charge in [-0.2, -0.15) is 10.1 Å². The summed E-state index contributed by atoms with van der Waals surface area (Å²) in [4.78, 5) is 55.9. The van der Waals surface area contributed by atoms with E-state index < -0.39 is 58.6 Å². The molecule has 2 aliphatic heterocycles. The summed E-state index contributed by atoms with van der Waals surface area (Å²) in [5, 5.41) is 23.4. The van der Waals surface area contributed by atoms with Crippen LogP contribution >= 0.6 is 0 Å². The van der Waals surface area contributed by atoms with Gasteiger partial charge in [-0.1, -0.05) is 84.0 Å². The van der Waals surface area contributed by atoms with Crippen LogP contribution in [0, 0.1) is 30.6 Å². The van der Waals surface area contributed by atoms with Gasteiger partial charge in [0, 0.05) is 11.5 Å². The Kier molecular flexibility index (Phi) is 6.74. The lowest BCUT2D eigenvalue weighted by Gasteiger charge is -2.50. The normalized spacial score (nSPS) is 28.8. The maximum atomic E-state index is 15.1. The minimum Gasteiger partial charge on any atom is -0.507 e. The Hall–Kier alpha value is -5.02. The van der Waals surface area contributed by atoms with Crippen molar-refractivity contribution in [1.82, 2.24) is 10.1 Å². The van der Waals surface area contributed by atoms with Gasteiger partial charge in [0.1, 0.15) is 5.75 Å². The molecule has 0 bridgehead atoms. The zero-order valence-electron chi connectivity index (χ0n) is 24.7. The number of nitrogens with one attached hydrogen (secondary N) is 1. The van der Waals surface area contributed by atoms with Gasteiger partial charge in [-0.05, 0) is 55.4 Å². The van der Waals surface area contributed by atoms with Gasteiger partial charge in [0.05, 0.1) is 28.9 Å². The smallest absolute Gasteiger partial charge is 0.260 e. The van der Waals surface area contributed by atoms with Crippen LogP contribution < -0.4 is 5.43 Å². The van der Waals surface area contributed by atoms with Crippen molar-refractivity contribution in [2.45, 2.75) is 37.5 Å². The monoisotopic (exact) mass is 603 g/mol. The van der Waals surface area contributed by atoms with E-state index >= 15 is 4.79 Å². The molecular weight excluding hydrogens is 570 g/mol. The van der Waals surface area contributed by atoms with Crippen molar-refractivity contribution in [3.05, 3.63) is 119 Å². The van der Waals surface area contributed by atoms with E-state index in [0.717, 1.165) is 10.6 Å². The fourth-order valence-electron chi connectivity index (χ4n) is 8.24. The first kappa shape index (κ1) is 28.7. The number of imide groups is 2. The maximum absolute atomic E-state index is 15.1. The number of hydroxylamine groups is 2. The number of hydrogen-bond acceptors (Lipinski definition) is 7. The minimum absolute atomic E-state index is 0.0112. The average molecular weight is 604 g/mol. The number of amides is 4. The standard InChI is InChI=1S/C36H33N3O6/c1-3-8-21-9-7-12-26(31(21)40)30-24-17-18-25-29(34(43)39(45)32(25)41)27(24)19-28-33(42)38(37-23-15-13-20(2)14-16-23)35(44)36(28,30)22-10-5-4-6-11-22/h3-7,9-17,25,27-30,37,40,45H,1,8,18-19H2,2H3. The van der Waals surface area contributed by atoms with Gasteiger partial charge in [0.15, 0.2) is 0 Å². The van der Waals surface area contributed by atoms with E-state index in [0.29, 0.717) is 34.4 Å². The molecular formula is C36H33N3O6. The lowest BCUT2D eigenvalue weighted by Crippen LogP contribution is -2.53. The van der Waals surface area contributed by atoms with Gasteiger partial charge in [0.2, 0.25) is 0 Å². The van der Waals surface area contributed by atoms with E-state index in [4.69, 9.17) is 0 Å². The summed E-state index contributed by atoms with van der Waals surface area (Å²) in [6.07, 6.45) is 4.23. The molecule has 9 nitrogen and oxygen atoms in total. The number of phenolic OH excluding ortho intramolecular Hbond substituents is 1. The van der Waals surface area contributed by atoms with Gasteiger partial charge in [-0.15, -0.1) is 6.58 Å². The molecule has 2 saturated heterocycles. The van der Waals surface area contributed by atoms with Crippen LogP contribution in [0.5, 0.6) is 5.75 Å². The predicted molar refractivity (Wildman–Crippen MR) is 164 cm³/mol. The van der Waals surface area contributed by atoms with Crippen molar-refractivity contribution < 1.29 is 29.5 Å². The number of rotatable bonds is 6. The molecule has 228 valence electrons. The topological polar surface area (TPSA) is 127 Å². The van der Waals surface area contributed by atoms with Crippen LogP contribution in [0.3, 0.4) is 0 Å². The second-order valence-electron chi connectivity index (χ2n) is 12.4. The molecule has 9 heteroatoms. The lowest BCUT2D eigenvalue weighted by molar-refractivity contribution is -0.173. The Morgan fingerprint density at radius 2 is 1.67 bits per heavy atom. The van der Waals surface area contributed by atoms with Crippen molar-refractivity contribution in [2.24, 2.45) is 23.7 Å². The number of carbonyl (C=O) groups excluding carboxylic acids is 4. The lowest BCUT2D eigenvalue weighted by atomic mass is 9.49. The van der Waals surface area contributed by atoms with Crippen molar-refractivity contribution in [3.63, 3.8) is 0 Å². The fourth-order valence-corrected chi connectivity index (χ4v) is 8.24. The van der Waals surface area contributed by atoms with Crippen molar-refractivity contribution in [3.8, 4) is 5.75 Å². The first-order valence-corrected chi connectivity index (χ1v) is 15.2. The number of benzene rings is 3. The van der Waals surface area contributed by atoms with E-state index in [2.05, 4.69) is 12.0 Å². The first-order chi connectivity index (χ1) is 21.7. The number of phenols is 1. The highest BCUT2D eigenvalue weighted by Gasteiger charge is 2.70. The number of hydrogen-bond donors (Lipinski definition) is 3. The highest BCUT2D eigenvalue weighted by molar-refractivity contribution is 6.13. The number of fused-ring (bicyclic) bond motifs is 4. The molecule has 45 heavy (non-hydrogen) atoms. The maximum Gasteiger partial charge on any atom is 0.260 e. The van der Waals surface area contributed by atoms with Crippen molar-refractivity contribution in [1.29, 1.82) is 0 Å². The van der Waals surface area contributed by atoms with Crippen LogP contribution in [0.4, 0.5) is 5.69 Å². The number of carbonyl (C=O) groups is 4. The van der Waals surface area contributed by atoms with Gasteiger partial charge < -0.3 is 5.11 Å². The van der Waals surface area contributed by atoms with Crippen LogP contribution in [-0.2, 0) is 31.0 Å². The number of allylic oxidation sites excluding steroid dienone is 3. The van der Waals surface area contributed by atoms with Crippen molar-refractivity contribution in [2.75, 3.05) is 5.43 Å². The van der Waals surface area contributed by atoms with Crippen LogP contribution in [0.25, 0.3) is 0 Å². The summed E-state index contributed by atoms with van der Waals surface area (Å²) < 4.78 is 0. The molecule has 0 aromatic heterocycles. The van der Waals surface area contributed by atoms with E-state index in [9.17, 15) is 24.7 Å². The summed E-state index contributed by atoms with van der Waals surface area (Å²) in [5.74, 6) is -6.40. The third-order valence-corrected chi connectivity index (χ3v) is 10.2. The predicted octanol–water partition coefficient (Wildman–Crippen LogP) is 4.80. The van der Waals surface area contributed by atoms with E-state index in [-0.39, 0.29) is 23.7 Å². The zero-order valence-corrected chi connectivity index (χ0v) is 24.7. The van der Waals surface area contributed by atoms with Crippen LogP contribution in [0.2, 0.25) is 0 Å². The average Bonchev–Trinajstić information content (AvgIpc) is 3.40. The van der Waals surface area contributed by atoms with Gasteiger partial charge in [-0.25, -0.2) is 0 Å². The summed E-state index contributed by atoms with van der Waals surface area (Å²) in [7, 11) is 0. The van der Waals surface area contributed by atoms with Crippen molar-refractivity contribution >= 4 is 29.3 Å². The first-order valence-electron chi connectivity index (χ1n) is 15.2. The number of nitrogens with zero attached hydrogens (tertiary/aromatic N) is 2. The zero-order chi connectivity index (χ0) is 31.6. The SMILES string of the molecule is C=CCc1cccc(C2C3=CCC4C(=O)N(O)C(=O)C4C3CC3C(=O)N(Nc4ccc(C)cc4)C(=O)C32c2ccccc2)c1O. The fraction of sp³-hybridized carbons (Fsp3) is 0.278. The summed E-state index contributed by atoms with van der Waals surface area (Å²) >= 11 is 0. The number of anilines is 1. The molecule has 6 atom stereocenters. The van der Waals surface area contributed by atoms with Gasteiger partial charge in [0.25, 0.3) is 23.6 Å². The van der Waals surface area contributed by atoms with Gasteiger partial charge >= 0.3 is 0 Å². The molecule has 0 spiro atoms. The number of aromatic hydroxyl groups is 1. The highest BCUT2D eigenvalue weighted by atomic mass is 16.5. The molecule has 7 rings (SSSR count). The largest absolute Gasteiger partial charge is 0.507 e. The molecule has 6 unspecified atom stereocenters. The molecule has 3 aromatic carbocycles. The summed E-state index contributed by atoms with van der Waals surface area (Å²) in [5.41, 5.74) is 5.52. The van der Waals surface area contributed by atoms with Crippen LogP contribution in [0.15, 0.2) is 97.1 Å². The molecule has 4 amide bonds. The Balaban J connectivity index is 1.49. The quantitative estimate of drug-likeness (QED) is 0.210. The summed E-state index contributed by atoms with van der Waals surface area (Å²) in [6, 6.07) is 21.8. The molecule has 3 fully saturated rings. The minimum atomic E-state index is -1.49. The van der Waals surface area contributed by atoms with Gasteiger partial charge in [-0.3, -0.25) is 29.8 Å². The molecule has 0 radical (unpaired) electrons. The number of aryl methyl sites for hydroxylation is 1. The molecule has 3 aromatic rings. The third-order valence-electron chi connectivity index (χ3n) is 10.2. The van der Waals surface area contributed by atoms with Crippen LogP contribution in [0.1, 0.15) is 41.0 Å². The Bertz CT molecular complexity index is 1780. The Morgan fingerprint density at radius 3 is 2.38 bits per heavy atom. The second-order valence-corrected chi connectivity index (χ2v) is 12.4. The molecule has 2 aliphatic carbocycles. The van der Waals surface area contributed by atoms with Crippen LogP contribution in [-0.4, -0.2) is 44.0 Å². The molecule has 2 heterocycles. The molecule has 3 N–H and O–H groups in total. The highest BCUT2D eigenvalue weighted by Crippen LogP contribution is 2.64. The summed E-state index contributed by atoms with van der Waals surface area (Å²) in [6.45, 7) is 5.76. The third kappa shape index (κ3) is 4.03. The Labute approximate surface area is 260 Å². The number of para-hydroxylation sites is 1. The van der Waals surface area contributed by atoms with E-state index in [1.165, 1.54) is 0 Å². The number of hydrazine groups is 1. The second kappa shape index (κ2) is 10.6. The van der Waals surface area contributed by atoms with E-state index in [1.54, 1.807) is 36.4 Å². The van der Waals surface area contributed by atoms with E-state index in [1.807, 2.05) is 55.5 Å². The Morgan fingerprint density at radius 1 is 0.933 bits per heavy atom. The molecule has 1 saturated carbocycles.